The predicted molar refractivity (Wildman–Crippen MR) is 70.6 cm³/mol. The fraction of sp³-hybridized carbons (Fsp3) is 0.714. The summed E-state index contributed by atoms with van der Waals surface area (Å²) in [6, 6.07) is 0. The number of imidazole rings is 1. The molecule has 5 heteroatoms. The average molecular weight is 263 g/mol. The van der Waals surface area contributed by atoms with Crippen LogP contribution in [0.1, 0.15) is 18.7 Å². The lowest BCUT2D eigenvalue weighted by Gasteiger charge is -2.29. The topological polar surface area (TPSA) is 47.4 Å². The van der Waals surface area contributed by atoms with E-state index in [0.717, 1.165) is 44.8 Å². The van der Waals surface area contributed by atoms with Crippen LogP contribution in [0.4, 0.5) is 0 Å². The molecule has 1 fully saturated rings. The molecule has 1 saturated heterocycles. The van der Waals surface area contributed by atoms with E-state index in [1.807, 2.05) is 24.3 Å². The zero-order chi connectivity index (χ0) is 13.2. The van der Waals surface area contributed by atoms with Gasteiger partial charge in [-0.3, -0.25) is 4.79 Å². The molecule has 5 nitrogen and oxygen atoms in total. The lowest BCUT2D eigenvalue weighted by Crippen LogP contribution is -2.38. The smallest absolute Gasteiger partial charge is 0.227 e. The fourth-order valence-electron chi connectivity index (χ4n) is 3.09. The third kappa shape index (κ3) is 2.66. The van der Waals surface area contributed by atoms with Gasteiger partial charge in [0, 0.05) is 45.6 Å². The van der Waals surface area contributed by atoms with Gasteiger partial charge in [-0.05, 0) is 18.8 Å². The van der Waals surface area contributed by atoms with Gasteiger partial charge in [0.05, 0.1) is 12.5 Å². The van der Waals surface area contributed by atoms with Crippen LogP contribution < -0.4 is 0 Å². The highest BCUT2D eigenvalue weighted by Gasteiger charge is 2.28. The van der Waals surface area contributed by atoms with Crippen molar-refractivity contribution in [1.82, 2.24) is 14.5 Å². The van der Waals surface area contributed by atoms with Crippen LogP contribution in [0.3, 0.4) is 0 Å². The van der Waals surface area contributed by atoms with Crippen molar-refractivity contribution in [1.29, 1.82) is 0 Å². The van der Waals surface area contributed by atoms with Crippen molar-refractivity contribution >= 4 is 5.91 Å². The number of fused-ring (bicyclic) bond motifs is 1. The summed E-state index contributed by atoms with van der Waals surface area (Å²) in [5.74, 6) is 2.01. The highest BCUT2D eigenvalue weighted by atomic mass is 16.5. The second kappa shape index (κ2) is 5.33. The number of aromatic nitrogens is 2. The number of carbonyl (C=O) groups is 1. The van der Waals surface area contributed by atoms with E-state index in [1.54, 1.807) is 0 Å². The first kappa shape index (κ1) is 12.7. The molecule has 1 aromatic heterocycles. The van der Waals surface area contributed by atoms with E-state index < -0.39 is 0 Å². The summed E-state index contributed by atoms with van der Waals surface area (Å²) >= 11 is 0. The summed E-state index contributed by atoms with van der Waals surface area (Å²) in [6.45, 7) is 3.18. The highest BCUT2D eigenvalue weighted by Crippen LogP contribution is 2.21. The molecular weight excluding hydrogens is 242 g/mol. The first-order valence-electron chi connectivity index (χ1n) is 7.07. The molecule has 3 rings (SSSR count). The van der Waals surface area contributed by atoms with Gasteiger partial charge in [0.2, 0.25) is 5.91 Å². The highest BCUT2D eigenvalue weighted by molar-refractivity contribution is 5.78. The molecule has 0 aliphatic carbocycles. The first-order valence-corrected chi connectivity index (χ1v) is 7.07. The minimum Gasteiger partial charge on any atom is -0.381 e. The Morgan fingerprint density at radius 3 is 3.26 bits per heavy atom. The standard InChI is InChI=1S/C14H21N3O2/c1-16(14(18)12-3-7-19-10-12)9-11-2-5-17-6-4-15-13(17)8-11/h4,6,11-12H,2-3,5,7-10H2,1H3/t11-,12+/m1/s1. The lowest BCUT2D eigenvalue weighted by atomic mass is 9.96. The molecule has 0 saturated carbocycles. The predicted octanol–water partition coefficient (Wildman–Crippen LogP) is 0.940. The van der Waals surface area contributed by atoms with Gasteiger partial charge in [-0.15, -0.1) is 0 Å². The van der Waals surface area contributed by atoms with Gasteiger partial charge in [-0.1, -0.05) is 0 Å². The monoisotopic (exact) mass is 263 g/mol. The van der Waals surface area contributed by atoms with Gasteiger partial charge in [0.25, 0.3) is 0 Å². The summed E-state index contributed by atoms with van der Waals surface area (Å²) in [5.41, 5.74) is 0. The van der Waals surface area contributed by atoms with Gasteiger partial charge in [0.15, 0.2) is 0 Å². The van der Waals surface area contributed by atoms with E-state index >= 15 is 0 Å². The van der Waals surface area contributed by atoms with Gasteiger partial charge >= 0.3 is 0 Å². The molecule has 19 heavy (non-hydrogen) atoms. The number of nitrogens with zero attached hydrogens (tertiary/aromatic N) is 3. The van der Waals surface area contributed by atoms with Crippen LogP contribution in [0, 0.1) is 11.8 Å². The maximum atomic E-state index is 12.2. The molecule has 0 radical (unpaired) electrons. The number of ether oxygens (including phenoxy) is 1. The van der Waals surface area contributed by atoms with Crippen molar-refractivity contribution in [2.45, 2.75) is 25.8 Å². The molecule has 104 valence electrons. The quantitative estimate of drug-likeness (QED) is 0.815. The van der Waals surface area contributed by atoms with E-state index in [0.29, 0.717) is 12.5 Å². The molecule has 1 amide bonds. The maximum absolute atomic E-state index is 12.2. The van der Waals surface area contributed by atoms with Gasteiger partial charge < -0.3 is 14.2 Å². The molecule has 2 atom stereocenters. The Kier molecular flexibility index (Phi) is 3.55. The molecule has 1 aromatic rings. The largest absolute Gasteiger partial charge is 0.381 e. The van der Waals surface area contributed by atoms with Crippen LogP contribution in [-0.2, 0) is 22.5 Å². The van der Waals surface area contributed by atoms with Crippen molar-refractivity contribution in [3.8, 4) is 0 Å². The van der Waals surface area contributed by atoms with Crippen molar-refractivity contribution in [2.24, 2.45) is 11.8 Å². The summed E-state index contributed by atoms with van der Waals surface area (Å²) in [4.78, 5) is 18.5. The van der Waals surface area contributed by atoms with Crippen LogP contribution in [0.5, 0.6) is 0 Å². The summed E-state index contributed by atoms with van der Waals surface area (Å²) < 4.78 is 7.51. The number of amides is 1. The maximum Gasteiger partial charge on any atom is 0.227 e. The molecule has 0 unspecified atom stereocenters. The molecule has 3 heterocycles. The second-order valence-electron chi connectivity index (χ2n) is 5.67. The first-order chi connectivity index (χ1) is 9.24. The Balaban J connectivity index is 1.55. The summed E-state index contributed by atoms with van der Waals surface area (Å²) in [6.07, 6.45) is 6.88. The van der Waals surface area contributed by atoms with Crippen molar-refractivity contribution < 1.29 is 9.53 Å². The third-order valence-corrected chi connectivity index (χ3v) is 4.24. The summed E-state index contributed by atoms with van der Waals surface area (Å²) in [5, 5.41) is 0. The van der Waals surface area contributed by atoms with Crippen LogP contribution in [-0.4, -0.2) is 47.2 Å². The van der Waals surface area contributed by atoms with Gasteiger partial charge in [-0.25, -0.2) is 4.98 Å². The molecule has 0 N–H and O–H groups in total. The van der Waals surface area contributed by atoms with Gasteiger partial charge in [0.1, 0.15) is 5.82 Å². The number of carbonyl (C=O) groups excluding carboxylic acids is 1. The zero-order valence-electron chi connectivity index (χ0n) is 11.4. The van der Waals surface area contributed by atoms with E-state index in [9.17, 15) is 4.79 Å². The Morgan fingerprint density at radius 1 is 1.58 bits per heavy atom. The third-order valence-electron chi connectivity index (χ3n) is 4.24. The lowest BCUT2D eigenvalue weighted by molar-refractivity contribution is -0.134. The number of aryl methyl sites for hydroxylation is 1. The Labute approximate surface area is 113 Å². The molecule has 0 aromatic carbocycles. The van der Waals surface area contributed by atoms with Crippen molar-refractivity contribution in [2.75, 3.05) is 26.8 Å². The van der Waals surface area contributed by atoms with Crippen molar-refractivity contribution in [3.63, 3.8) is 0 Å². The van der Waals surface area contributed by atoms with E-state index in [2.05, 4.69) is 9.55 Å². The number of rotatable bonds is 3. The van der Waals surface area contributed by atoms with Crippen LogP contribution in [0.15, 0.2) is 12.4 Å². The molecular formula is C14H21N3O2. The van der Waals surface area contributed by atoms with Crippen LogP contribution in [0.25, 0.3) is 0 Å². The van der Waals surface area contributed by atoms with E-state index in [4.69, 9.17) is 4.74 Å². The normalized spacial score (nSPS) is 26.2. The summed E-state index contributed by atoms with van der Waals surface area (Å²) in [7, 11) is 1.92. The SMILES string of the molecule is CN(C[C@@H]1CCn2ccnc2C1)C(=O)[C@H]1CCOC1. The Hall–Kier alpha value is -1.36. The number of hydrogen-bond acceptors (Lipinski definition) is 3. The Morgan fingerprint density at radius 2 is 2.47 bits per heavy atom. The van der Waals surface area contributed by atoms with E-state index in [-0.39, 0.29) is 11.8 Å². The van der Waals surface area contributed by atoms with Gasteiger partial charge in [-0.2, -0.15) is 0 Å². The molecule has 2 aliphatic heterocycles. The van der Waals surface area contributed by atoms with Crippen molar-refractivity contribution in [3.05, 3.63) is 18.2 Å². The second-order valence-corrected chi connectivity index (χ2v) is 5.67. The molecule has 0 bridgehead atoms. The minimum absolute atomic E-state index is 0.0792. The minimum atomic E-state index is 0.0792. The average Bonchev–Trinajstić information content (AvgIpc) is 3.08. The Bertz CT molecular complexity index is 451. The zero-order valence-corrected chi connectivity index (χ0v) is 11.4. The number of hydrogen-bond donors (Lipinski definition) is 0. The van der Waals surface area contributed by atoms with E-state index in [1.165, 1.54) is 0 Å². The van der Waals surface area contributed by atoms with Crippen LogP contribution in [0.2, 0.25) is 0 Å². The molecule has 2 aliphatic rings. The molecule has 0 spiro atoms. The fourth-order valence-corrected chi connectivity index (χ4v) is 3.09. The van der Waals surface area contributed by atoms with Crippen LogP contribution >= 0.6 is 0 Å².